The number of nitrogens with one attached hydrogen (secondary N) is 1. The highest BCUT2D eigenvalue weighted by atomic mass is 19.1. The van der Waals surface area contributed by atoms with Crippen LogP contribution >= 0.6 is 0 Å². The van der Waals surface area contributed by atoms with Gasteiger partial charge in [0.2, 0.25) is 0 Å². The molecule has 0 saturated carbocycles. The fourth-order valence-corrected chi connectivity index (χ4v) is 3.95. The topological polar surface area (TPSA) is 102 Å². The number of rotatable bonds is 5. The van der Waals surface area contributed by atoms with Gasteiger partial charge in [-0.1, -0.05) is 26.8 Å². The average Bonchev–Trinajstić information content (AvgIpc) is 2.78. The summed E-state index contributed by atoms with van der Waals surface area (Å²) in [5.74, 6) is -0.787. The van der Waals surface area contributed by atoms with Crippen LogP contribution in [0.3, 0.4) is 0 Å². The number of hydrogen-bond donors (Lipinski definition) is 2. The number of H-pyrrole nitrogens is 1. The maximum absolute atomic E-state index is 13.8. The Morgan fingerprint density at radius 2 is 1.80 bits per heavy atom. The van der Waals surface area contributed by atoms with Gasteiger partial charge in [0.15, 0.2) is 22.6 Å². The van der Waals surface area contributed by atoms with E-state index >= 15 is 0 Å². The highest BCUT2D eigenvalue weighted by Crippen LogP contribution is 2.41. The van der Waals surface area contributed by atoms with Crippen LogP contribution in [-0.4, -0.2) is 28.2 Å². The molecule has 2 heterocycles. The molecule has 0 amide bonds. The quantitative estimate of drug-likeness (QED) is 0.376. The number of aryl methyl sites for hydroxylation is 1. The zero-order chi connectivity index (χ0) is 25.5. The van der Waals surface area contributed by atoms with E-state index in [0.29, 0.717) is 28.3 Å². The van der Waals surface area contributed by atoms with Gasteiger partial charge in [-0.25, -0.2) is 14.2 Å². The zero-order valence-electron chi connectivity index (χ0n) is 20.0. The number of aromatic amines is 1. The minimum absolute atomic E-state index is 0.00427. The van der Waals surface area contributed by atoms with Crippen LogP contribution in [0.2, 0.25) is 0 Å². The third kappa shape index (κ3) is 4.59. The molecular weight excluding hydrogens is 451 g/mol. The van der Waals surface area contributed by atoms with Crippen molar-refractivity contribution in [2.75, 3.05) is 7.11 Å². The van der Waals surface area contributed by atoms with Crippen molar-refractivity contribution in [3.05, 3.63) is 81.5 Å². The van der Waals surface area contributed by atoms with Gasteiger partial charge in [-0.05, 0) is 47.7 Å². The van der Waals surface area contributed by atoms with Crippen molar-refractivity contribution in [1.29, 1.82) is 0 Å². The molecule has 0 radical (unpaired) electrons. The van der Waals surface area contributed by atoms with Crippen molar-refractivity contribution in [1.82, 2.24) is 9.97 Å². The van der Waals surface area contributed by atoms with Gasteiger partial charge in [-0.15, -0.1) is 0 Å². The summed E-state index contributed by atoms with van der Waals surface area (Å²) in [5.41, 5.74) is 2.21. The summed E-state index contributed by atoms with van der Waals surface area (Å²) in [5, 5.41) is 9.44. The fraction of sp³-hybridized carbons (Fsp3) is 0.222. The van der Waals surface area contributed by atoms with Crippen molar-refractivity contribution < 1.29 is 23.8 Å². The van der Waals surface area contributed by atoms with Crippen LogP contribution in [0.4, 0.5) is 4.39 Å². The van der Waals surface area contributed by atoms with Crippen LogP contribution < -0.4 is 14.9 Å². The number of fused-ring (bicyclic) bond motifs is 1. The van der Waals surface area contributed by atoms with Crippen LogP contribution in [0.15, 0.2) is 53.5 Å². The Bertz CT molecular complexity index is 1520. The Morgan fingerprint density at radius 1 is 1.06 bits per heavy atom. The van der Waals surface area contributed by atoms with Gasteiger partial charge < -0.3 is 19.6 Å². The molecule has 0 fully saturated rings. The third-order valence-corrected chi connectivity index (χ3v) is 5.73. The average molecular weight is 477 g/mol. The van der Waals surface area contributed by atoms with E-state index < -0.39 is 17.2 Å². The van der Waals surface area contributed by atoms with E-state index in [4.69, 9.17) is 9.47 Å². The summed E-state index contributed by atoms with van der Waals surface area (Å²) in [7, 11) is 1.42. The second-order valence-electron chi connectivity index (χ2n) is 9.25. The van der Waals surface area contributed by atoms with Gasteiger partial charge in [-0.2, -0.15) is 0 Å². The van der Waals surface area contributed by atoms with Gasteiger partial charge >= 0.3 is 5.97 Å². The van der Waals surface area contributed by atoms with E-state index in [0.717, 1.165) is 11.1 Å². The SMILES string of the molecule is COc1cc(F)ccc1Oc1cc(C(C)(C)C)cc(C)c1-c1cc(=O)c2c(C(=O)O)nccc2[nH]1. The summed E-state index contributed by atoms with van der Waals surface area (Å²) in [6, 6.07) is 10.8. The fourth-order valence-electron chi connectivity index (χ4n) is 3.95. The molecule has 7 nitrogen and oxygen atoms in total. The monoisotopic (exact) mass is 476 g/mol. The Morgan fingerprint density at radius 3 is 2.46 bits per heavy atom. The van der Waals surface area contributed by atoms with Crippen LogP contribution in [-0.2, 0) is 5.41 Å². The molecule has 2 N–H and O–H groups in total. The zero-order valence-corrected chi connectivity index (χ0v) is 20.0. The predicted molar refractivity (Wildman–Crippen MR) is 131 cm³/mol. The number of methoxy groups -OCH3 is 1. The second-order valence-corrected chi connectivity index (χ2v) is 9.25. The highest BCUT2D eigenvalue weighted by Gasteiger charge is 2.22. The van der Waals surface area contributed by atoms with E-state index in [-0.39, 0.29) is 22.2 Å². The molecule has 180 valence electrons. The van der Waals surface area contributed by atoms with Crippen molar-refractivity contribution >= 4 is 16.9 Å². The van der Waals surface area contributed by atoms with Gasteiger partial charge in [0, 0.05) is 23.9 Å². The number of aromatic nitrogens is 2. The van der Waals surface area contributed by atoms with Gasteiger partial charge in [0.1, 0.15) is 11.6 Å². The molecule has 0 aliphatic carbocycles. The third-order valence-electron chi connectivity index (χ3n) is 5.73. The molecular formula is C27H25FN2O5. The second kappa shape index (κ2) is 8.87. The summed E-state index contributed by atoms with van der Waals surface area (Å²) < 4.78 is 25.3. The number of halogens is 1. The Balaban J connectivity index is 1.98. The van der Waals surface area contributed by atoms with E-state index in [2.05, 4.69) is 30.7 Å². The first kappa shape index (κ1) is 23.9. The standard InChI is InChI=1S/C27H25FN2O5/c1-14-10-15(27(2,3)4)11-22(35-20-7-6-16(28)12-21(20)34-5)23(14)18-13-19(31)24-17(30-18)8-9-29-25(24)26(32)33/h6-13H,1-5H3,(H,30,31)(H,32,33). The number of aromatic carboxylic acids is 1. The minimum Gasteiger partial charge on any atom is -0.493 e. The van der Waals surface area contributed by atoms with E-state index in [9.17, 15) is 19.1 Å². The minimum atomic E-state index is -1.29. The number of benzene rings is 2. The number of pyridine rings is 2. The van der Waals surface area contributed by atoms with Crippen molar-refractivity contribution in [2.24, 2.45) is 0 Å². The maximum atomic E-state index is 13.8. The van der Waals surface area contributed by atoms with Gasteiger partial charge in [0.25, 0.3) is 0 Å². The lowest BCUT2D eigenvalue weighted by molar-refractivity contribution is 0.0692. The number of nitrogens with zero attached hydrogens (tertiary/aromatic N) is 1. The smallest absolute Gasteiger partial charge is 0.355 e. The largest absolute Gasteiger partial charge is 0.493 e. The Hall–Kier alpha value is -4.20. The Kier molecular flexibility index (Phi) is 6.06. The molecule has 0 spiro atoms. The van der Waals surface area contributed by atoms with Gasteiger partial charge in [-0.3, -0.25) is 4.79 Å². The van der Waals surface area contributed by atoms with E-state index in [1.807, 2.05) is 19.1 Å². The number of hydrogen-bond acceptors (Lipinski definition) is 5. The number of carbonyl (C=O) groups is 1. The normalized spacial score (nSPS) is 11.5. The molecule has 0 unspecified atom stereocenters. The molecule has 0 saturated heterocycles. The van der Waals surface area contributed by atoms with E-state index in [1.165, 1.54) is 37.6 Å². The van der Waals surface area contributed by atoms with Crippen LogP contribution in [0.5, 0.6) is 17.2 Å². The Labute approximate surface area is 201 Å². The molecule has 35 heavy (non-hydrogen) atoms. The molecule has 4 aromatic rings. The van der Waals surface area contributed by atoms with Crippen LogP contribution in [0, 0.1) is 12.7 Å². The molecule has 2 aromatic heterocycles. The molecule has 4 rings (SSSR count). The molecule has 0 bridgehead atoms. The molecule has 2 aromatic carbocycles. The lowest BCUT2D eigenvalue weighted by Gasteiger charge is -2.24. The molecule has 0 aliphatic heterocycles. The van der Waals surface area contributed by atoms with Crippen LogP contribution in [0.25, 0.3) is 22.2 Å². The first-order valence-electron chi connectivity index (χ1n) is 10.9. The van der Waals surface area contributed by atoms with E-state index in [1.54, 1.807) is 6.07 Å². The first-order chi connectivity index (χ1) is 16.5. The number of ether oxygens (including phenoxy) is 2. The van der Waals surface area contributed by atoms with Crippen molar-refractivity contribution in [3.8, 4) is 28.5 Å². The van der Waals surface area contributed by atoms with Gasteiger partial charge in [0.05, 0.1) is 23.7 Å². The predicted octanol–water partition coefficient (Wildman–Crippen LogP) is 5.83. The maximum Gasteiger partial charge on any atom is 0.355 e. The summed E-state index contributed by atoms with van der Waals surface area (Å²) >= 11 is 0. The van der Waals surface area contributed by atoms with Crippen LogP contribution in [0.1, 0.15) is 42.4 Å². The summed E-state index contributed by atoms with van der Waals surface area (Å²) in [6.45, 7) is 8.11. The lowest BCUT2D eigenvalue weighted by Crippen LogP contribution is -2.13. The molecule has 0 atom stereocenters. The number of carboxylic acid groups (broad SMARTS) is 1. The lowest BCUT2D eigenvalue weighted by atomic mass is 9.84. The first-order valence-corrected chi connectivity index (χ1v) is 10.9. The van der Waals surface area contributed by atoms with Crippen molar-refractivity contribution in [3.63, 3.8) is 0 Å². The molecule has 8 heteroatoms. The van der Waals surface area contributed by atoms with Crippen molar-refractivity contribution in [2.45, 2.75) is 33.1 Å². The number of carboxylic acids is 1. The summed E-state index contributed by atoms with van der Waals surface area (Å²) in [4.78, 5) is 31.6. The summed E-state index contributed by atoms with van der Waals surface area (Å²) in [6.07, 6.45) is 1.34. The molecule has 0 aliphatic rings. The highest BCUT2D eigenvalue weighted by molar-refractivity contribution is 6.01.